The third kappa shape index (κ3) is 1.38. The van der Waals surface area contributed by atoms with E-state index >= 15 is 0 Å². The Morgan fingerprint density at radius 1 is 1.67 bits per heavy atom. The maximum Gasteiger partial charge on any atom is 0.282 e. The van der Waals surface area contributed by atoms with Crippen molar-refractivity contribution in [3.8, 4) is 0 Å². The Kier molecular flexibility index (Phi) is 2.52. The van der Waals surface area contributed by atoms with Crippen LogP contribution in [0.2, 0.25) is 0 Å². The van der Waals surface area contributed by atoms with Gasteiger partial charge in [0.15, 0.2) is 5.11 Å². The first-order valence-electron chi connectivity index (χ1n) is 5.08. The van der Waals surface area contributed by atoms with E-state index < -0.39 is 5.72 Å². The molecule has 2 saturated heterocycles. The van der Waals surface area contributed by atoms with Gasteiger partial charge in [0.1, 0.15) is 0 Å². The standard InChI is InChI=1S/C10H14N2O2S/c1-2-3-6-11-8(13)10(14)5-4-7-12(10)9(11)15/h2,14H,1,3-7H2/t10-/m0/s1. The highest BCUT2D eigenvalue weighted by molar-refractivity contribution is 7.80. The zero-order valence-electron chi connectivity index (χ0n) is 8.48. The Labute approximate surface area is 94.2 Å². The molecule has 2 aliphatic rings. The monoisotopic (exact) mass is 226 g/mol. The highest BCUT2D eigenvalue weighted by Crippen LogP contribution is 2.35. The lowest BCUT2D eigenvalue weighted by Crippen LogP contribution is -2.44. The number of fused-ring (bicyclic) bond motifs is 1. The topological polar surface area (TPSA) is 43.8 Å². The molecule has 0 aromatic carbocycles. The lowest BCUT2D eigenvalue weighted by atomic mass is 10.1. The van der Waals surface area contributed by atoms with E-state index in [1.807, 2.05) is 0 Å². The van der Waals surface area contributed by atoms with Crippen LogP contribution >= 0.6 is 12.2 Å². The summed E-state index contributed by atoms with van der Waals surface area (Å²) in [6, 6.07) is 0. The molecule has 1 amide bonds. The number of nitrogens with zero attached hydrogens (tertiary/aromatic N) is 2. The molecule has 0 aromatic rings. The van der Waals surface area contributed by atoms with Crippen LogP contribution in [0.4, 0.5) is 0 Å². The largest absolute Gasteiger partial charge is 0.363 e. The number of aliphatic hydroxyl groups is 1. The lowest BCUT2D eigenvalue weighted by Gasteiger charge is -2.22. The summed E-state index contributed by atoms with van der Waals surface area (Å²) >= 11 is 5.18. The van der Waals surface area contributed by atoms with Crippen molar-refractivity contribution in [2.45, 2.75) is 25.0 Å². The Balaban J connectivity index is 2.20. The van der Waals surface area contributed by atoms with Crippen LogP contribution in [0.15, 0.2) is 12.7 Å². The Morgan fingerprint density at radius 2 is 2.40 bits per heavy atom. The molecule has 5 heteroatoms. The predicted octanol–water partition coefficient (Wildman–Crippen LogP) is 0.474. The van der Waals surface area contributed by atoms with Crippen LogP contribution < -0.4 is 0 Å². The van der Waals surface area contributed by atoms with Crippen molar-refractivity contribution < 1.29 is 9.90 Å². The smallest absolute Gasteiger partial charge is 0.282 e. The third-order valence-corrected chi connectivity index (χ3v) is 3.40. The molecule has 0 radical (unpaired) electrons. The van der Waals surface area contributed by atoms with Gasteiger partial charge in [0.25, 0.3) is 5.91 Å². The Morgan fingerprint density at radius 3 is 3.00 bits per heavy atom. The fourth-order valence-electron chi connectivity index (χ4n) is 2.15. The maximum absolute atomic E-state index is 11.9. The Hall–Kier alpha value is -0.940. The normalized spacial score (nSPS) is 29.9. The number of carbonyl (C=O) groups excluding carboxylic acids is 1. The molecule has 1 N–H and O–H groups in total. The summed E-state index contributed by atoms with van der Waals surface area (Å²) < 4.78 is 0. The van der Waals surface area contributed by atoms with Gasteiger partial charge in [0, 0.05) is 19.5 Å². The second kappa shape index (κ2) is 3.57. The molecule has 2 heterocycles. The fraction of sp³-hybridized carbons (Fsp3) is 0.600. The van der Waals surface area contributed by atoms with E-state index in [4.69, 9.17) is 12.2 Å². The van der Waals surface area contributed by atoms with Crippen LogP contribution in [-0.4, -0.2) is 44.7 Å². The van der Waals surface area contributed by atoms with Crippen LogP contribution in [0.25, 0.3) is 0 Å². The highest BCUT2D eigenvalue weighted by Gasteiger charge is 2.56. The van der Waals surface area contributed by atoms with E-state index in [9.17, 15) is 9.90 Å². The van der Waals surface area contributed by atoms with Crippen molar-refractivity contribution in [3.63, 3.8) is 0 Å². The molecular formula is C10H14N2O2S. The van der Waals surface area contributed by atoms with Crippen molar-refractivity contribution in [1.29, 1.82) is 0 Å². The van der Waals surface area contributed by atoms with Gasteiger partial charge in [0.2, 0.25) is 5.72 Å². The molecule has 0 aromatic heterocycles. The number of carbonyl (C=O) groups is 1. The number of amides is 1. The quantitative estimate of drug-likeness (QED) is 0.561. The third-order valence-electron chi connectivity index (χ3n) is 2.96. The average Bonchev–Trinajstić information content (AvgIpc) is 2.67. The maximum atomic E-state index is 11.9. The summed E-state index contributed by atoms with van der Waals surface area (Å²) in [6.45, 7) is 4.79. The van der Waals surface area contributed by atoms with Gasteiger partial charge in [-0.15, -0.1) is 6.58 Å². The van der Waals surface area contributed by atoms with E-state index in [2.05, 4.69) is 6.58 Å². The van der Waals surface area contributed by atoms with Gasteiger partial charge < -0.3 is 10.0 Å². The first-order chi connectivity index (χ1) is 7.11. The molecule has 2 rings (SSSR count). The van der Waals surface area contributed by atoms with Crippen LogP contribution in [0.5, 0.6) is 0 Å². The summed E-state index contributed by atoms with van der Waals surface area (Å²) in [5.41, 5.74) is -1.35. The molecule has 1 atom stereocenters. The SMILES string of the molecule is C=CCCN1C(=O)[C@@]2(O)CCCN2C1=S. The van der Waals surface area contributed by atoms with E-state index in [1.165, 1.54) is 4.90 Å². The minimum Gasteiger partial charge on any atom is -0.363 e. The van der Waals surface area contributed by atoms with Gasteiger partial charge >= 0.3 is 0 Å². The van der Waals surface area contributed by atoms with E-state index in [-0.39, 0.29) is 5.91 Å². The molecule has 2 fully saturated rings. The zero-order valence-corrected chi connectivity index (χ0v) is 9.29. The highest BCUT2D eigenvalue weighted by atomic mass is 32.1. The van der Waals surface area contributed by atoms with E-state index in [0.29, 0.717) is 31.0 Å². The van der Waals surface area contributed by atoms with Gasteiger partial charge in [-0.1, -0.05) is 6.08 Å². The second-order valence-electron chi connectivity index (χ2n) is 3.89. The van der Waals surface area contributed by atoms with Crippen LogP contribution in [0, 0.1) is 0 Å². The molecule has 0 bridgehead atoms. The van der Waals surface area contributed by atoms with Crippen molar-refractivity contribution >= 4 is 23.2 Å². The number of hydrogen-bond donors (Lipinski definition) is 1. The van der Waals surface area contributed by atoms with Gasteiger partial charge in [0.05, 0.1) is 0 Å². The molecule has 0 unspecified atom stereocenters. The lowest BCUT2D eigenvalue weighted by molar-refractivity contribution is -0.149. The number of thiocarbonyl (C=S) groups is 1. The minimum absolute atomic E-state index is 0.271. The summed E-state index contributed by atoms with van der Waals surface area (Å²) in [6.07, 6.45) is 3.73. The van der Waals surface area contributed by atoms with E-state index in [0.717, 1.165) is 6.42 Å². The first-order valence-corrected chi connectivity index (χ1v) is 5.49. The van der Waals surface area contributed by atoms with Crippen molar-refractivity contribution in [2.75, 3.05) is 13.1 Å². The van der Waals surface area contributed by atoms with Crippen LogP contribution in [0.1, 0.15) is 19.3 Å². The summed E-state index contributed by atoms with van der Waals surface area (Å²) in [4.78, 5) is 15.1. The molecule has 82 valence electrons. The van der Waals surface area contributed by atoms with Gasteiger partial charge in [-0.3, -0.25) is 9.69 Å². The van der Waals surface area contributed by atoms with Crippen LogP contribution in [0.3, 0.4) is 0 Å². The fourth-order valence-corrected chi connectivity index (χ4v) is 2.56. The minimum atomic E-state index is -1.35. The first kappa shape index (κ1) is 10.6. The molecule has 0 aliphatic carbocycles. The number of rotatable bonds is 3. The molecule has 2 aliphatic heterocycles. The molecular weight excluding hydrogens is 212 g/mol. The zero-order chi connectivity index (χ0) is 11.1. The number of hydrogen-bond acceptors (Lipinski definition) is 3. The summed E-state index contributed by atoms with van der Waals surface area (Å²) in [5.74, 6) is -0.271. The van der Waals surface area contributed by atoms with Crippen LogP contribution in [-0.2, 0) is 4.79 Å². The summed E-state index contributed by atoms with van der Waals surface area (Å²) in [5, 5.41) is 10.6. The molecule has 0 saturated carbocycles. The second-order valence-corrected chi connectivity index (χ2v) is 4.25. The van der Waals surface area contributed by atoms with Gasteiger partial charge in [-0.25, -0.2) is 0 Å². The van der Waals surface area contributed by atoms with Gasteiger partial charge in [-0.05, 0) is 25.1 Å². The molecule has 15 heavy (non-hydrogen) atoms. The van der Waals surface area contributed by atoms with Crippen molar-refractivity contribution in [1.82, 2.24) is 9.80 Å². The van der Waals surface area contributed by atoms with Crippen molar-refractivity contribution in [3.05, 3.63) is 12.7 Å². The Bertz CT molecular complexity index is 331. The average molecular weight is 226 g/mol. The van der Waals surface area contributed by atoms with Gasteiger partial charge in [-0.2, -0.15) is 0 Å². The van der Waals surface area contributed by atoms with E-state index in [1.54, 1.807) is 11.0 Å². The summed E-state index contributed by atoms with van der Waals surface area (Å²) in [7, 11) is 0. The molecule has 0 spiro atoms. The predicted molar refractivity (Wildman–Crippen MR) is 60.0 cm³/mol. The molecule has 4 nitrogen and oxygen atoms in total. The van der Waals surface area contributed by atoms with Crippen molar-refractivity contribution in [2.24, 2.45) is 0 Å².